The minimum absolute atomic E-state index is 0.0609. The molecule has 0 unspecified atom stereocenters. The van der Waals surface area contributed by atoms with Crippen molar-refractivity contribution in [2.75, 3.05) is 0 Å². The van der Waals surface area contributed by atoms with Gasteiger partial charge in [-0.05, 0) is 42.0 Å². The van der Waals surface area contributed by atoms with E-state index in [1.54, 1.807) is 0 Å². The molecule has 1 aromatic heterocycles. The Bertz CT molecular complexity index is 1110. The summed E-state index contributed by atoms with van der Waals surface area (Å²) in [4.78, 5) is 17.9. The van der Waals surface area contributed by atoms with Crippen molar-refractivity contribution in [1.29, 1.82) is 5.53 Å². The number of ether oxygens (including phenoxy) is 2. The molecule has 0 fully saturated rings. The monoisotopic (exact) mass is 423 g/mol. The quantitative estimate of drug-likeness (QED) is 0.370. The third kappa shape index (κ3) is 5.23. The number of rotatable bonds is 6. The van der Waals surface area contributed by atoms with Crippen LogP contribution in [-0.2, 0) is 6.61 Å². The van der Waals surface area contributed by atoms with Crippen molar-refractivity contribution in [2.45, 2.75) is 13.0 Å². The van der Waals surface area contributed by atoms with Gasteiger partial charge in [0.15, 0.2) is 0 Å². The summed E-state index contributed by atoms with van der Waals surface area (Å²) in [5.74, 6) is -2.22. The molecule has 30 heavy (non-hydrogen) atoms. The number of amides is 1. The molecule has 1 amide bonds. The fourth-order valence-electron chi connectivity index (χ4n) is 2.31. The average Bonchev–Trinajstić information content (AvgIpc) is 3.15. The van der Waals surface area contributed by atoms with Gasteiger partial charge in [0.05, 0.1) is 11.3 Å². The van der Waals surface area contributed by atoms with Crippen molar-refractivity contribution in [3.8, 4) is 17.4 Å². The van der Waals surface area contributed by atoms with Crippen LogP contribution in [0.3, 0.4) is 0 Å². The number of alkyl halides is 3. The second-order valence-electron chi connectivity index (χ2n) is 5.62. The number of benzene rings is 2. The molecule has 9 nitrogen and oxygen atoms in total. The van der Waals surface area contributed by atoms with E-state index in [1.807, 2.05) is 0 Å². The lowest BCUT2D eigenvalue weighted by atomic mass is 10.1. The Labute approximate surface area is 165 Å². The molecule has 0 spiro atoms. The van der Waals surface area contributed by atoms with Crippen LogP contribution in [0.25, 0.3) is 5.69 Å². The fraction of sp³-hybridized carbons (Fsp3) is 0.118. The third-order valence-corrected chi connectivity index (χ3v) is 3.58. The van der Waals surface area contributed by atoms with Gasteiger partial charge in [0, 0.05) is 0 Å². The van der Waals surface area contributed by atoms with Crippen molar-refractivity contribution in [3.63, 3.8) is 0 Å². The fourth-order valence-corrected chi connectivity index (χ4v) is 2.31. The first-order chi connectivity index (χ1) is 14.2. The minimum atomic E-state index is -4.79. The highest BCUT2D eigenvalue weighted by molar-refractivity contribution is 5.94. The smallest absolute Gasteiger partial charge is 0.458 e. The molecule has 154 valence electrons. The van der Waals surface area contributed by atoms with E-state index in [9.17, 15) is 22.4 Å². The number of nitrogens with zero attached hydrogens (tertiary/aromatic N) is 5. The number of aromatic nitrogens is 3. The molecule has 0 aliphatic heterocycles. The Kier molecular flexibility index (Phi) is 5.83. The number of carbonyl (C=O) groups excluding carboxylic acids is 1. The van der Waals surface area contributed by atoms with Crippen molar-refractivity contribution in [3.05, 3.63) is 65.7 Å². The summed E-state index contributed by atoms with van der Waals surface area (Å²) in [6.07, 6.45) is -3.50. The molecular formula is C17H11F4N6O3+. The number of hydrogen-bond acceptors (Lipinski definition) is 6. The zero-order valence-electron chi connectivity index (χ0n) is 14.8. The van der Waals surface area contributed by atoms with Gasteiger partial charge in [-0.1, -0.05) is 6.07 Å². The molecule has 0 aliphatic rings. The van der Waals surface area contributed by atoms with Crippen LogP contribution in [-0.4, -0.2) is 27.0 Å². The predicted molar refractivity (Wildman–Crippen MR) is 90.4 cm³/mol. The molecule has 0 saturated carbocycles. The van der Waals surface area contributed by atoms with Crippen LogP contribution >= 0.6 is 0 Å². The highest BCUT2D eigenvalue weighted by Crippen LogP contribution is 2.23. The zero-order valence-corrected chi connectivity index (χ0v) is 14.8. The number of hydrogen-bond donors (Lipinski definition) is 1. The molecule has 0 radical (unpaired) electrons. The molecular weight excluding hydrogens is 412 g/mol. The van der Waals surface area contributed by atoms with Crippen LogP contribution in [0, 0.1) is 11.3 Å². The Hall–Kier alpha value is -4.12. The average molecular weight is 423 g/mol. The van der Waals surface area contributed by atoms with Crippen LogP contribution in [0.4, 0.5) is 17.6 Å². The van der Waals surface area contributed by atoms with Crippen molar-refractivity contribution in [1.82, 2.24) is 19.7 Å². The molecule has 0 saturated heterocycles. The van der Waals surface area contributed by atoms with E-state index < -0.39 is 18.1 Å². The summed E-state index contributed by atoms with van der Waals surface area (Å²) in [6.45, 7) is -0.117. The van der Waals surface area contributed by atoms with Crippen LogP contribution < -0.4 is 14.4 Å². The normalized spacial score (nSPS) is 10.9. The summed E-state index contributed by atoms with van der Waals surface area (Å²) >= 11 is 0. The minimum Gasteiger partial charge on any atom is -0.458 e. The molecule has 3 aromatic rings. The van der Waals surface area contributed by atoms with E-state index in [0.29, 0.717) is 11.3 Å². The topological polar surface area (TPSA) is 117 Å². The van der Waals surface area contributed by atoms with Crippen molar-refractivity contribution >= 4 is 5.91 Å². The Morgan fingerprint density at radius 2 is 1.93 bits per heavy atom. The predicted octanol–water partition coefficient (Wildman–Crippen LogP) is 3.57. The van der Waals surface area contributed by atoms with E-state index in [2.05, 4.69) is 24.8 Å². The second kappa shape index (κ2) is 8.49. The number of carbonyl (C=O) groups is 1. The first-order valence-electron chi connectivity index (χ1n) is 8.06. The molecule has 0 atom stereocenters. The Morgan fingerprint density at radius 3 is 2.57 bits per heavy atom. The van der Waals surface area contributed by atoms with Crippen LogP contribution in [0.5, 0.6) is 11.8 Å². The molecule has 0 bridgehead atoms. The zero-order chi connectivity index (χ0) is 21.7. The molecule has 1 heterocycles. The maximum Gasteiger partial charge on any atom is 0.573 e. The second-order valence-corrected chi connectivity index (χ2v) is 5.62. The maximum absolute atomic E-state index is 14.0. The molecule has 2 aromatic carbocycles. The van der Waals surface area contributed by atoms with E-state index in [1.165, 1.54) is 35.3 Å². The number of nitrogens with one attached hydrogen (secondary N) is 1. The number of halogens is 4. The van der Waals surface area contributed by atoms with Gasteiger partial charge in [0.2, 0.25) is 10.0 Å². The molecule has 3 rings (SSSR count). The van der Waals surface area contributed by atoms with E-state index >= 15 is 0 Å². The Morgan fingerprint density at radius 1 is 1.20 bits per heavy atom. The standard InChI is InChI=1S/C17H11F4N6O3/c18-14-7-10(1-6-13(14)15(28)24-26-22)8-29-16-23-9-27(25-16)11-2-4-12(5-3-11)30-17(19,20)21/h1-7,9,22H,8H2/q+1. The summed E-state index contributed by atoms with van der Waals surface area (Å²) in [5, 5.41) is 6.95. The van der Waals surface area contributed by atoms with Gasteiger partial charge in [-0.2, -0.15) is 4.98 Å². The van der Waals surface area contributed by atoms with Gasteiger partial charge in [-0.3, -0.25) is 4.79 Å². The third-order valence-electron chi connectivity index (χ3n) is 3.58. The highest BCUT2D eigenvalue weighted by atomic mass is 19.4. The largest absolute Gasteiger partial charge is 0.573 e. The lowest BCUT2D eigenvalue weighted by molar-refractivity contribution is -0.274. The van der Waals surface area contributed by atoms with Gasteiger partial charge < -0.3 is 9.47 Å². The lowest BCUT2D eigenvalue weighted by Crippen LogP contribution is -2.17. The van der Waals surface area contributed by atoms with Crippen LogP contribution in [0.1, 0.15) is 15.9 Å². The van der Waals surface area contributed by atoms with Gasteiger partial charge in [-0.25, -0.2) is 9.07 Å². The van der Waals surface area contributed by atoms with Gasteiger partial charge in [0.25, 0.3) is 0 Å². The van der Waals surface area contributed by atoms with Crippen molar-refractivity contribution < 1.29 is 31.8 Å². The summed E-state index contributed by atoms with van der Waals surface area (Å²) in [5.41, 5.74) is 6.93. The first-order valence-corrected chi connectivity index (χ1v) is 8.06. The summed E-state index contributed by atoms with van der Waals surface area (Å²) in [7, 11) is 0. The molecule has 1 N–H and O–H groups in total. The molecule has 13 heteroatoms. The van der Waals surface area contributed by atoms with Crippen LogP contribution in [0.15, 0.2) is 53.9 Å². The lowest BCUT2D eigenvalue weighted by Gasteiger charge is -2.09. The van der Waals surface area contributed by atoms with Gasteiger partial charge in [-0.15, -0.1) is 18.3 Å². The van der Waals surface area contributed by atoms with Crippen LogP contribution in [0.2, 0.25) is 0 Å². The van der Waals surface area contributed by atoms with Gasteiger partial charge >= 0.3 is 18.3 Å². The van der Waals surface area contributed by atoms with E-state index in [0.717, 1.165) is 18.2 Å². The molecule has 0 aliphatic carbocycles. The Balaban J connectivity index is 1.64. The highest BCUT2D eigenvalue weighted by Gasteiger charge is 2.31. The maximum atomic E-state index is 14.0. The SMILES string of the molecule is N=[N+]=NC(=O)c1ccc(COc2ncn(-c3ccc(OC(F)(F)F)cc3)n2)cc1F. The van der Waals surface area contributed by atoms with E-state index in [4.69, 9.17) is 10.3 Å². The summed E-state index contributed by atoms with van der Waals surface area (Å²) < 4.78 is 60.9. The van der Waals surface area contributed by atoms with E-state index in [-0.39, 0.29) is 23.9 Å². The summed E-state index contributed by atoms with van der Waals surface area (Å²) in [6, 6.07) is 8.54. The van der Waals surface area contributed by atoms with Gasteiger partial charge in [0.1, 0.15) is 30.0 Å². The van der Waals surface area contributed by atoms with Crippen molar-refractivity contribution in [2.24, 2.45) is 5.11 Å². The first kappa shape index (κ1) is 20.6.